The van der Waals surface area contributed by atoms with Crippen LogP contribution in [0.15, 0.2) is 30.3 Å². The number of hydrogen-bond donors (Lipinski definition) is 1. The van der Waals surface area contributed by atoms with E-state index in [1.165, 1.54) is 5.56 Å². The summed E-state index contributed by atoms with van der Waals surface area (Å²) in [6.45, 7) is 0.940. The zero-order valence-electron chi connectivity index (χ0n) is 13.0. The summed E-state index contributed by atoms with van der Waals surface area (Å²) < 4.78 is 0. The van der Waals surface area contributed by atoms with E-state index in [1.54, 1.807) is 4.90 Å². The summed E-state index contributed by atoms with van der Waals surface area (Å²) in [5.41, 5.74) is 1.29. The molecule has 1 aromatic carbocycles. The number of benzene rings is 1. The van der Waals surface area contributed by atoms with E-state index in [4.69, 9.17) is 0 Å². The molecule has 118 valence electrons. The topological polar surface area (TPSA) is 49.4 Å². The number of carbonyl (C=O) groups is 2. The Labute approximate surface area is 131 Å². The molecule has 1 saturated heterocycles. The summed E-state index contributed by atoms with van der Waals surface area (Å²) in [5, 5.41) is 3.07. The maximum absolute atomic E-state index is 12.2. The minimum absolute atomic E-state index is 0.0163. The molecule has 2 fully saturated rings. The summed E-state index contributed by atoms with van der Waals surface area (Å²) in [4.78, 5) is 25.9. The first-order valence-corrected chi connectivity index (χ1v) is 8.36. The minimum Gasteiger partial charge on any atom is -0.351 e. The molecule has 2 amide bonds. The number of amides is 2. The van der Waals surface area contributed by atoms with Crippen LogP contribution >= 0.6 is 0 Å². The van der Waals surface area contributed by atoms with Crippen LogP contribution in [-0.4, -0.2) is 35.8 Å². The standard InChI is InChI=1S/C18H24N2O2/c21-17(13-20-11-7-2-1-6-10-18(20)22)19-16-12-15(16)14-8-4-3-5-9-14/h3-5,8-9,15-16H,1-2,6-7,10-13H2,(H,19,21). The lowest BCUT2D eigenvalue weighted by atomic mass is 10.1. The Bertz CT molecular complexity index is 529. The highest BCUT2D eigenvalue weighted by atomic mass is 16.2. The summed E-state index contributed by atoms with van der Waals surface area (Å²) in [5.74, 6) is 0.552. The fraction of sp³-hybridized carbons (Fsp3) is 0.556. The van der Waals surface area contributed by atoms with Gasteiger partial charge < -0.3 is 10.2 Å². The first-order valence-electron chi connectivity index (χ1n) is 8.36. The summed E-state index contributed by atoms with van der Waals surface area (Å²) in [6.07, 6.45) is 5.84. The number of carbonyl (C=O) groups excluding carboxylic acids is 2. The molecule has 2 atom stereocenters. The highest BCUT2D eigenvalue weighted by molar-refractivity contribution is 5.85. The molecule has 1 heterocycles. The Morgan fingerprint density at radius 1 is 1.14 bits per heavy atom. The van der Waals surface area contributed by atoms with Gasteiger partial charge in [0, 0.05) is 24.9 Å². The van der Waals surface area contributed by atoms with Gasteiger partial charge in [-0.1, -0.05) is 43.2 Å². The van der Waals surface area contributed by atoms with Crippen LogP contribution in [0, 0.1) is 0 Å². The molecule has 0 spiro atoms. The first kappa shape index (κ1) is 15.1. The van der Waals surface area contributed by atoms with Crippen LogP contribution in [0.25, 0.3) is 0 Å². The van der Waals surface area contributed by atoms with Crippen molar-refractivity contribution in [2.24, 2.45) is 0 Å². The van der Waals surface area contributed by atoms with Crippen LogP contribution in [0.5, 0.6) is 0 Å². The van der Waals surface area contributed by atoms with Crippen LogP contribution in [0.3, 0.4) is 0 Å². The Hall–Kier alpha value is -1.84. The Morgan fingerprint density at radius 2 is 1.91 bits per heavy atom. The Balaban J connectivity index is 1.47. The fourth-order valence-electron chi connectivity index (χ4n) is 3.23. The van der Waals surface area contributed by atoms with Gasteiger partial charge in [-0.2, -0.15) is 0 Å². The van der Waals surface area contributed by atoms with Crippen molar-refractivity contribution in [3.05, 3.63) is 35.9 Å². The van der Waals surface area contributed by atoms with E-state index in [0.29, 0.717) is 12.3 Å². The summed E-state index contributed by atoms with van der Waals surface area (Å²) in [6, 6.07) is 10.5. The lowest BCUT2D eigenvalue weighted by Crippen LogP contribution is -2.42. The molecule has 4 heteroatoms. The lowest BCUT2D eigenvalue weighted by molar-refractivity contribution is -0.136. The highest BCUT2D eigenvalue weighted by Crippen LogP contribution is 2.40. The number of nitrogens with one attached hydrogen (secondary N) is 1. The van der Waals surface area contributed by atoms with Crippen LogP contribution in [-0.2, 0) is 9.59 Å². The van der Waals surface area contributed by atoms with Gasteiger partial charge >= 0.3 is 0 Å². The third-order valence-corrected chi connectivity index (χ3v) is 4.62. The molecule has 1 aromatic rings. The first-order chi connectivity index (χ1) is 10.7. The maximum Gasteiger partial charge on any atom is 0.239 e. The number of rotatable bonds is 4. The zero-order valence-corrected chi connectivity index (χ0v) is 13.0. The van der Waals surface area contributed by atoms with E-state index < -0.39 is 0 Å². The third kappa shape index (κ3) is 3.87. The van der Waals surface area contributed by atoms with E-state index in [-0.39, 0.29) is 24.4 Å². The summed E-state index contributed by atoms with van der Waals surface area (Å²) in [7, 11) is 0. The van der Waals surface area contributed by atoms with E-state index >= 15 is 0 Å². The second kappa shape index (κ2) is 6.95. The van der Waals surface area contributed by atoms with Crippen molar-refractivity contribution in [3.8, 4) is 0 Å². The van der Waals surface area contributed by atoms with Crippen LogP contribution in [0.2, 0.25) is 0 Å². The monoisotopic (exact) mass is 300 g/mol. The average molecular weight is 300 g/mol. The predicted molar refractivity (Wildman–Crippen MR) is 85.4 cm³/mol. The van der Waals surface area contributed by atoms with Crippen molar-refractivity contribution in [2.45, 2.75) is 50.5 Å². The molecule has 0 radical (unpaired) electrons. The largest absolute Gasteiger partial charge is 0.351 e. The number of hydrogen-bond acceptors (Lipinski definition) is 2. The molecular weight excluding hydrogens is 276 g/mol. The average Bonchev–Trinajstić information content (AvgIpc) is 3.27. The molecule has 4 nitrogen and oxygen atoms in total. The van der Waals surface area contributed by atoms with E-state index in [2.05, 4.69) is 17.4 Å². The van der Waals surface area contributed by atoms with Crippen LogP contribution < -0.4 is 5.32 Å². The SMILES string of the molecule is O=C(CN1CCCCCCC1=O)NC1CC1c1ccccc1. The fourth-order valence-corrected chi connectivity index (χ4v) is 3.23. The van der Waals surface area contributed by atoms with Crippen molar-refractivity contribution < 1.29 is 9.59 Å². The van der Waals surface area contributed by atoms with Gasteiger partial charge in [-0.05, 0) is 24.8 Å². The quantitative estimate of drug-likeness (QED) is 0.928. The lowest BCUT2D eigenvalue weighted by Gasteiger charge is -2.24. The minimum atomic E-state index is -0.0163. The number of nitrogens with zero attached hydrogens (tertiary/aromatic N) is 1. The molecule has 1 saturated carbocycles. The Kier molecular flexibility index (Phi) is 4.76. The summed E-state index contributed by atoms with van der Waals surface area (Å²) >= 11 is 0. The highest BCUT2D eigenvalue weighted by Gasteiger charge is 2.39. The van der Waals surface area contributed by atoms with Gasteiger partial charge in [-0.15, -0.1) is 0 Å². The van der Waals surface area contributed by atoms with Gasteiger partial charge in [0.2, 0.25) is 11.8 Å². The van der Waals surface area contributed by atoms with Crippen LogP contribution in [0.1, 0.15) is 50.0 Å². The van der Waals surface area contributed by atoms with E-state index in [0.717, 1.165) is 38.6 Å². The molecule has 1 aliphatic heterocycles. The predicted octanol–water partition coefficient (Wildman–Crippen LogP) is 2.45. The second-order valence-electron chi connectivity index (χ2n) is 6.41. The number of likely N-dealkylation sites (tertiary alicyclic amines) is 1. The smallest absolute Gasteiger partial charge is 0.239 e. The van der Waals surface area contributed by atoms with E-state index in [9.17, 15) is 9.59 Å². The molecule has 0 aromatic heterocycles. The molecule has 22 heavy (non-hydrogen) atoms. The van der Waals surface area contributed by atoms with Gasteiger partial charge in [0.25, 0.3) is 0 Å². The molecule has 3 rings (SSSR count). The van der Waals surface area contributed by atoms with Crippen molar-refractivity contribution in [3.63, 3.8) is 0 Å². The molecular formula is C18H24N2O2. The molecule has 2 unspecified atom stereocenters. The van der Waals surface area contributed by atoms with Crippen LogP contribution in [0.4, 0.5) is 0 Å². The van der Waals surface area contributed by atoms with E-state index in [1.807, 2.05) is 18.2 Å². The van der Waals surface area contributed by atoms with Gasteiger partial charge in [-0.25, -0.2) is 0 Å². The molecule has 0 bridgehead atoms. The molecule has 2 aliphatic rings. The van der Waals surface area contributed by atoms with Crippen molar-refractivity contribution >= 4 is 11.8 Å². The second-order valence-corrected chi connectivity index (χ2v) is 6.41. The van der Waals surface area contributed by atoms with Gasteiger partial charge in [-0.3, -0.25) is 9.59 Å². The zero-order chi connectivity index (χ0) is 15.4. The van der Waals surface area contributed by atoms with Gasteiger partial charge in [0.15, 0.2) is 0 Å². The molecule has 1 aliphatic carbocycles. The van der Waals surface area contributed by atoms with Crippen molar-refractivity contribution in [1.29, 1.82) is 0 Å². The van der Waals surface area contributed by atoms with Crippen molar-refractivity contribution in [1.82, 2.24) is 10.2 Å². The van der Waals surface area contributed by atoms with Gasteiger partial charge in [0.05, 0.1) is 6.54 Å². The third-order valence-electron chi connectivity index (χ3n) is 4.62. The van der Waals surface area contributed by atoms with Crippen molar-refractivity contribution in [2.75, 3.05) is 13.1 Å². The Morgan fingerprint density at radius 3 is 2.73 bits per heavy atom. The van der Waals surface area contributed by atoms with Gasteiger partial charge in [0.1, 0.15) is 0 Å². The normalized spacial score (nSPS) is 25.3. The maximum atomic E-state index is 12.2. The molecule has 1 N–H and O–H groups in total.